The number of carbonyl (C=O) groups is 1. The van der Waals surface area contributed by atoms with Crippen LogP contribution in [0.25, 0.3) is 11.0 Å². The van der Waals surface area contributed by atoms with E-state index in [4.69, 9.17) is 9.15 Å². The number of fused-ring (bicyclic) bond motifs is 1. The number of rotatable bonds is 5. The molecule has 164 valence electrons. The minimum Gasteiger partial charge on any atom is -0.461 e. The van der Waals surface area contributed by atoms with Crippen LogP contribution in [0.4, 0.5) is 0 Å². The molecule has 3 heterocycles. The van der Waals surface area contributed by atoms with Crippen molar-refractivity contribution in [1.29, 1.82) is 0 Å². The van der Waals surface area contributed by atoms with Crippen LogP contribution >= 0.6 is 11.3 Å². The van der Waals surface area contributed by atoms with Gasteiger partial charge < -0.3 is 9.15 Å². The molecule has 9 heteroatoms. The molecule has 0 saturated carbocycles. The molecule has 3 aromatic rings. The van der Waals surface area contributed by atoms with Crippen molar-refractivity contribution in [2.75, 3.05) is 13.1 Å². The second-order valence-electron chi connectivity index (χ2n) is 7.69. The molecule has 0 bridgehead atoms. The fourth-order valence-electron chi connectivity index (χ4n) is 3.78. The summed E-state index contributed by atoms with van der Waals surface area (Å²) >= 11 is 1.19. The smallest absolute Gasteiger partial charge is 0.336 e. The molecule has 1 aromatic carbocycles. The molecule has 1 aliphatic heterocycles. The quantitative estimate of drug-likeness (QED) is 0.426. The molecule has 0 amide bonds. The molecule has 1 fully saturated rings. The SMILES string of the molecule is Cc1ccc2c(COC(=O)C3CCN(S(=O)(=O)c4cccs4)CC3)cc(=O)oc2c1C. The summed E-state index contributed by atoms with van der Waals surface area (Å²) in [6.45, 7) is 4.34. The van der Waals surface area contributed by atoms with E-state index in [1.165, 1.54) is 21.7 Å². The van der Waals surface area contributed by atoms with E-state index in [-0.39, 0.29) is 31.6 Å². The van der Waals surface area contributed by atoms with Crippen molar-refractivity contribution < 1.29 is 22.4 Å². The number of hydrogen-bond donors (Lipinski definition) is 0. The van der Waals surface area contributed by atoms with Crippen LogP contribution in [0, 0.1) is 19.8 Å². The fourth-order valence-corrected chi connectivity index (χ4v) is 6.39. The van der Waals surface area contributed by atoms with Gasteiger partial charge in [-0.3, -0.25) is 4.79 Å². The molecule has 0 N–H and O–H groups in total. The Morgan fingerprint density at radius 1 is 1.23 bits per heavy atom. The number of ether oxygens (including phenoxy) is 1. The third-order valence-electron chi connectivity index (χ3n) is 5.76. The van der Waals surface area contributed by atoms with E-state index in [2.05, 4.69) is 0 Å². The van der Waals surface area contributed by atoms with Crippen molar-refractivity contribution in [2.45, 2.75) is 37.5 Å². The summed E-state index contributed by atoms with van der Waals surface area (Å²) in [6.07, 6.45) is 0.804. The highest BCUT2D eigenvalue weighted by molar-refractivity contribution is 7.91. The van der Waals surface area contributed by atoms with Crippen molar-refractivity contribution in [3.05, 3.63) is 62.8 Å². The Bertz CT molecular complexity index is 1270. The van der Waals surface area contributed by atoms with Crippen molar-refractivity contribution in [1.82, 2.24) is 4.31 Å². The lowest BCUT2D eigenvalue weighted by molar-refractivity contribution is -0.151. The van der Waals surface area contributed by atoms with E-state index in [0.717, 1.165) is 16.5 Å². The van der Waals surface area contributed by atoms with Gasteiger partial charge in [-0.15, -0.1) is 11.3 Å². The van der Waals surface area contributed by atoms with Gasteiger partial charge in [-0.1, -0.05) is 18.2 Å². The maximum atomic E-state index is 12.6. The standard InChI is InChI=1S/C22H23NO6S2/c1-14-5-6-18-17(12-19(24)29-21(18)15(14)2)13-28-22(25)16-7-9-23(10-8-16)31(26,27)20-4-3-11-30-20/h3-6,11-12,16H,7-10,13H2,1-2H3. The van der Waals surface area contributed by atoms with Crippen molar-refractivity contribution in [2.24, 2.45) is 5.92 Å². The number of hydrogen-bond acceptors (Lipinski definition) is 7. The van der Waals surface area contributed by atoms with Crippen LogP contribution in [0.1, 0.15) is 29.5 Å². The van der Waals surface area contributed by atoms with Crippen LogP contribution in [0.3, 0.4) is 0 Å². The van der Waals surface area contributed by atoms with Crippen LogP contribution in [-0.2, 0) is 26.2 Å². The molecular weight excluding hydrogens is 438 g/mol. The molecule has 0 aliphatic carbocycles. The minimum atomic E-state index is -3.51. The average molecular weight is 462 g/mol. The summed E-state index contributed by atoms with van der Waals surface area (Å²) in [4.78, 5) is 24.6. The van der Waals surface area contributed by atoms with Crippen molar-refractivity contribution in [3.63, 3.8) is 0 Å². The molecule has 0 radical (unpaired) electrons. The number of aryl methyl sites for hydroxylation is 2. The van der Waals surface area contributed by atoms with Crippen molar-refractivity contribution in [3.8, 4) is 0 Å². The lowest BCUT2D eigenvalue weighted by Gasteiger charge is -2.29. The Morgan fingerprint density at radius 2 is 1.97 bits per heavy atom. The summed E-state index contributed by atoms with van der Waals surface area (Å²) in [5.74, 6) is -0.747. The monoisotopic (exact) mass is 461 g/mol. The number of nitrogens with zero attached hydrogens (tertiary/aromatic N) is 1. The topological polar surface area (TPSA) is 93.9 Å². The van der Waals surface area contributed by atoms with Gasteiger partial charge in [-0.2, -0.15) is 4.31 Å². The first-order valence-electron chi connectivity index (χ1n) is 10.0. The maximum absolute atomic E-state index is 12.6. The van der Waals surface area contributed by atoms with E-state index in [0.29, 0.717) is 28.2 Å². The first kappa shape index (κ1) is 21.7. The summed E-state index contributed by atoms with van der Waals surface area (Å²) in [7, 11) is -3.51. The summed E-state index contributed by atoms with van der Waals surface area (Å²) in [6, 6.07) is 8.44. The van der Waals surface area contributed by atoms with Gasteiger partial charge in [0.1, 0.15) is 16.4 Å². The van der Waals surface area contributed by atoms with Crippen LogP contribution in [0.5, 0.6) is 0 Å². The summed E-state index contributed by atoms with van der Waals surface area (Å²) < 4.78 is 37.8. The molecule has 4 rings (SSSR count). The molecular formula is C22H23NO6S2. The highest BCUT2D eigenvalue weighted by Gasteiger charge is 2.33. The van der Waals surface area contributed by atoms with Gasteiger partial charge in [0.05, 0.1) is 5.92 Å². The van der Waals surface area contributed by atoms with E-state index in [1.54, 1.807) is 17.5 Å². The lowest BCUT2D eigenvalue weighted by Crippen LogP contribution is -2.40. The molecule has 0 spiro atoms. The summed E-state index contributed by atoms with van der Waals surface area (Å²) in [5, 5.41) is 2.47. The second-order valence-corrected chi connectivity index (χ2v) is 10.8. The van der Waals surface area contributed by atoms with Gasteiger partial charge in [0, 0.05) is 30.1 Å². The van der Waals surface area contributed by atoms with Gasteiger partial charge in [0.2, 0.25) is 0 Å². The first-order chi connectivity index (χ1) is 14.8. The molecule has 0 atom stereocenters. The fraction of sp³-hybridized carbons (Fsp3) is 0.364. The molecule has 31 heavy (non-hydrogen) atoms. The normalized spacial score (nSPS) is 15.9. The number of thiophene rings is 1. The van der Waals surface area contributed by atoms with Gasteiger partial charge in [0.25, 0.3) is 10.0 Å². The predicted octanol–water partition coefficient (Wildman–Crippen LogP) is 3.62. The molecule has 1 saturated heterocycles. The van der Waals surface area contributed by atoms with E-state index in [9.17, 15) is 18.0 Å². The summed E-state index contributed by atoms with van der Waals surface area (Å²) in [5.41, 5.74) is 2.50. The van der Waals surface area contributed by atoms with Crippen LogP contribution in [-0.4, -0.2) is 31.8 Å². The highest BCUT2D eigenvalue weighted by atomic mass is 32.2. The zero-order chi connectivity index (χ0) is 22.2. The zero-order valence-corrected chi connectivity index (χ0v) is 18.9. The Balaban J connectivity index is 1.42. The predicted molar refractivity (Wildman–Crippen MR) is 118 cm³/mol. The highest BCUT2D eigenvalue weighted by Crippen LogP contribution is 2.28. The first-order valence-corrected chi connectivity index (χ1v) is 12.3. The second kappa shape index (κ2) is 8.57. The molecule has 2 aromatic heterocycles. The van der Waals surface area contributed by atoms with Crippen LogP contribution < -0.4 is 5.63 Å². The molecule has 0 unspecified atom stereocenters. The Morgan fingerprint density at radius 3 is 2.65 bits per heavy atom. The Hall–Kier alpha value is -2.49. The number of sulfonamides is 1. The third kappa shape index (κ3) is 4.30. The maximum Gasteiger partial charge on any atom is 0.336 e. The van der Waals surface area contributed by atoms with Crippen LogP contribution in [0.15, 0.2) is 49.1 Å². The largest absolute Gasteiger partial charge is 0.461 e. The zero-order valence-electron chi connectivity index (χ0n) is 17.3. The minimum absolute atomic E-state index is 0.0306. The van der Waals surface area contributed by atoms with Crippen LogP contribution in [0.2, 0.25) is 0 Å². The third-order valence-corrected chi connectivity index (χ3v) is 9.04. The number of piperidine rings is 1. The van der Waals surface area contributed by atoms with Gasteiger partial charge >= 0.3 is 11.6 Å². The van der Waals surface area contributed by atoms with E-state index >= 15 is 0 Å². The number of esters is 1. The van der Waals surface area contributed by atoms with Crippen molar-refractivity contribution >= 4 is 38.3 Å². The Labute approximate surface area is 184 Å². The van der Waals surface area contributed by atoms with Gasteiger partial charge in [0.15, 0.2) is 0 Å². The number of carbonyl (C=O) groups excluding carboxylic acids is 1. The van der Waals surface area contributed by atoms with Gasteiger partial charge in [-0.05, 0) is 49.3 Å². The van der Waals surface area contributed by atoms with E-state index < -0.39 is 15.6 Å². The van der Waals surface area contributed by atoms with Gasteiger partial charge in [-0.25, -0.2) is 13.2 Å². The molecule has 7 nitrogen and oxygen atoms in total. The lowest BCUT2D eigenvalue weighted by atomic mass is 9.98. The van der Waals surface area contributed by atoms with E-state index in [1.807, 2.05) is 26.0 Å². The molecule has 1 aliphatic rings. The average Bonchev–Trinajstić information content (AvgIpc) is 3.31. The Kier molecular flexibility index (Phi) is 6.00. The number of benzene rings is 1.